The number of anilines is 1. The number of aliphatic hydroxyl groups excluding tert-OH is 1. The summed E-state index contributed by atoms with van der Waals surface area (Å²) in [5, 5.41) is 8.66. The minimum absolute atomic E-state index is 0. The molecule has 0 aromatic heterocycles. The lowest BCUT2D eigenvalue weighted by molar-refractivity contribution is 0.276. The van der Waals surface area contributed by atoms with Gasteiger partial charge in [0.1, 0.15) is 0 Å². The summed E-state index contributed by atoms with van der Waals surface area (Å²) in [5.74, 6) is 0. The Balaban J connectivity index is 0. The van der Waals surface area contributed by atoms with Crippen LogP contribution in [-0.4, -0.2) is 11.7 Å². The molecule has 1 aromatic carbocycles. The third-order valence-corrected chi connectivity index (χ3v) is 1.78. The van der Waals surface area contributed by atoms with Gasteiger partial charge in [-0.1, -0.05) is 12.1 Å². The summed E-state index contributed by atoms with van der Waals surface area (Å²) in [5.41, 5.74) is 13.0. The predicted octanol–water partition coefficient (Wildman–Crippen LogP) is 1.49. The van der Waals surface area contributed by atoms with Crippen molar-refractivity contribution in [3.05, 3.63) is 29.8 Å². The zero-order chi connectivity index (χ0) is 8.97. The predicted molar refractivity (Wildman–Crippen MR) is 64.0 cm³/mol. The van der Waals surface area contributed by atoms with Crippen LogP contribution in [0.1, 0.15) is 18.0 Å². The van der Waals surface area contributed by atoms with Crippen molar-refractivity contribution in [3.63, 3.8) is 0 Å². The molecule has 0 fully saturated rings. The molecule has 82 valence electrons. The molecule has 0 saturated carbocycles. The molecule has 0 radical (unpaired) electrons. The fraction of sp³-hybridized carbons (Fsp3) is 0.333. The summed E-state index contributed by atoms with van der Waals surface area (Å²) in [4.78, 5) is 0. The van der Waals surface area contributed by atoms with Crippen LogP contribution in [-0.2, 0) is 0 Å². The van der Waals surface area contributed by atoms with E-state index in [9.17, 15) is 0 Å². The van der Waals surface area contributed by atoms with Crippen LogP contribution in [0.5, 0.6) is 0 Å². The molecule has 0 aliphatic rings. The Morgan fingerprint density at radius 1 is 1.29 bits per heavy atom. The van der Waals surface area contributed by atoms with Gasteiger partial charge in [0.25, 0.3) is 0 Å². The first-order valence-electron chi connectivity index (χ1n) is 3.96. The molecule has 1 aromatic rings. The van der Waals surface area contributed by atoms with Crippen LogP contribution in [0.3, 0.4) is 0 Å². The molecule has 0 amide bonds. The van der Waals surface area contributed by atoms with Crippen molar-refractivity contribution < 1.29 is 5.11 Å². The maximum atomic E-state index is 8.66. The van der Waals surface area contributed by atoms with Crippen molar-refractivity contribution in [2.24, 2.45) is 5.73 Å². The Morgan fingerprint density at radius 2 is 1.93 bits per heavy atom. The van der Waals surface area contributed by atoms with E-state index in [0.29, 0.717) is 12.1 Å². The zero-order valence-electron chi connectivity index (χ0n) is 7.72. The van der Waals surface area contributed by atoms with E-state index in [0.717, 1.165) is 5.56 Å². The van der Waals surface area contributed by atoms with Crippen LogP contribution >= 0.6 is 24.8 Å². The minimum atomic E-state index is -0.113. The van der Waals surface area contributed by atoms with E-state index in [1.807, 2.05) is 24.3 Å². The molecule has 5 N–H and O–H groups in total. The quantitative estimate of drug-likeness (QED) is 0.700. The Morgan fingerprint density at radius 3 is 2.43 bits per heavy atom. The van der Waals surface area contributed by atoms with Crippen molar-refractivity contribution in [3.8, 4) is 0 Å². The molecule has 0 aliphatic heterocycles. The third kappa shape index (κ3) is 4.67. The fourth-order valence-corrected chi connectivity index (χ4v) is 1.10. The molecular weight excluding hydrogens is 223 g/mol. The maximum Gasteiger partial charge on any atom is 0.0449 e. The highest BCUT2D eigenvalue weighted by molar-refractivity contribution is 5.85. The van der Waals surface area contributed by atoms with Crippen molar-refractivity contribution in [2.45, 2.75) is 12.5 Å². The highest BCUT2D eigenvalue weighted by Crippen LogP contribution is 2.15. The highest BCUT2D eigenvalue weighted by atomic mass is 35.5. The summed E-state index contributed by atoms with van der Waals surface area (Å²) in [6.07, 6.45) is 0.573. The monoisotopic (exact) mass is 238 g/mol. The number of benzene rings is 1. The molecule has 3 nitrogen and oxygen atoms in total. The van der Waals surface area contributed by atoms with Gasteiger partial charge in [0.05, 0.1) is 0 Å². The molecule has 0 saturated heterocycles. The molecule has 0 heterocycles. The summed E-state index contributed by atoms with van der Waals surface area (Å²) in [6.45, 7) is 0.107. The summed E-state index contributed by atoms with van der Waals surface area (Å²) >= 11 is 0. The van der Waals surface area contributed by atoms with Gasteiger partial charge in [-0.25, -0.2) is 0 Å². The molecule has 0 spiro atoms. The smallest absolute Gasteiger partial charge is 0.0449 e. The SMILES string of the molecule is Cl.Cl.Nc1cccc(C(N)CCO)c1. The Labute approximate surface area is 96.3 Å². The number of rotatable bonds is 3. The van der Waals surface area contributed by atoms with E-state index >= 15 is 0 Å². The Kier molecular flexibility index (Phi) is 8.99. The van der Waals surface area contributed by atoms with Gasteiger partial charge in [-0.3, -0.25) is 0 Å². The van der Waals surface area contributed by atoms with Gasteiger partial charge in [-0.05, 0) is 24.1 Å². The van der Waals surface area contributed by atoms with Gasteiger partial charge in [0.2, 0.25) is 0 Å². The number of nitrogens with two attached hydrogens (primary N) is 2. The van der Waals surface area contributed by atoms with Crippen LogP contribution in [0.15, 0.2) is 24.3 Å². The summed E-state index contributed by atoms with van der Waals surface area (Å²) < 4.78 is 0. The van der Waals surface area contributed by atoms with Crippen LogP contribution in [0.25, 0.3) is 0 Å². The second-order valence-electron chi connectivity index (χ2n) is 2.79. The first-order chi connectivity index (χ1) is 5.74. The molecule has 5 heteroatoms. The molecule has 1 rings (SSSR count). The van der Waals surface area contributed by atoms with Gasteiger partial charge in [-0.2, -0.15) is 0 Å². The van der Waals surface area contributed by atoms with Crippen molar-refractivity contribution in [1.82, 2.24) is 0 Å². The molecular formula is C9H16Cl2N2O. The van der Waals surface area contributed by atoms with E-state index in [1.165, 1.54) is 0 Å². The fourth-order valence-electron chi connectivity index (χ4n) is 1.10. The summed E-state index contributed by atoms with van der Waals surface area (Å²) in [6, 6.07) is 7.31. The van der Waals surface area contributed by atoms with Crippen molar-refractivity contribution >= 4 is 30.5 Å². The van der Waals surface area contributed by atoms with Gasteiger partial charge >= 0.3 is 0 Å². The van der Waals surface area contributed by atoms with Crippen LogP contribution in [0, 0.1) is 0 Å². The van der Waals surface area contributed by atoms with Gasteiger partial charge in [-0.15, -0.1) is 24.8 Å². The largest absolute Gasteiger partial charge is 0.399 e. The zero-order valence-corrected chi connectivity index (χ0v) is 9.35. The van der Waals surface area contributed by atoms with Gasteiger partial charge < -0.3 is 16.6 Å². The van der Waals surface area contributed by atoms with E-state index in [-0.39, 0.29) is 37.5 Å². The minimum Gasteiger partial charge on any atom is -0.399 e. The number of hydrogen-bond acceptors (Lipinski definition) is 3. The lowest BCUT2D eigenvalue weighted by atomic mass is 10.0. The maximum absolute atomic E-state index is 8.66. The van der Waals surface area contributed by atoms with E-state index in [2.05, 4.69) is 0 Å². The highest BCUT2D eigenvalue weighted by Gasteiger charge is 2.03. The van der Waals surface area contributed by atoms with Crippen LogP contribution in [0.4, 0.5) is 5.69 Å². The standard InChI is InChI=1S/C9H14N2O.2ClH/c10-8-3-1-2-7(6-8)9(11)4-5-12;;/h1-3,6,9,12H,4-5,10-11H2;2*1H. The molecule has 0 bridgehead atoms. The first-order valence-corrected chi connectivity index (χ1v) is 3.96. The van der Waals surface area contributed by atoms with Crippen molar-refractivity contribution in [1.29, 1.82) is 0 Å². The average Bonchev–Trinajstić information content (AvgIpc) is 2.05. The topological polar surface area (TPSA) is 72.3 Å². The first kappa shape index (κ1) is 16.0. The molecule has 14 heavy (non-hydrogen) atoms. The lowest BCUT2D eigenvalue weighted by Gasteiger charge is -2.10. The number of aliphatic hydroxyl groups is 1. The summed E-state index contributed by atoms with van der Waals surface area (Å²) in [7, 11) is 0. The van der Waals surface area contributed by atoms with Gasteiger partial charge in [0.15, 0.2) is 0 Å². The molecule has 0 aliphatic carbocycles. The Bertz CT molecular complexity index is 258. The van der Waals surface area contributed by atoms with Crippen molar-refractivity contribution in [2.75, 3.05) is 12.3 Å². The Hall–Kier alpha value is -0.480. The molecule has 1 unspecified atom stereocenters. The van der Waals surface area contributed by atoms with Crippen LogP contribution in [0.2, 0.25) is 0 Å². The second-order valence-corrected chi connectivity index (χ2v) is 2.79. The van der Waals surface area contributed by atoms with E-state index in [1.54, 1.807) is 0 Å². The lowest BCUT2D eigenvalue weighted by Crippen LogP contribution is -2.11. The van der Waals surface area contributed by atoms with Crippen LogP contribution < -0.4 is 11.5 Å². The van der Waals surface area contributed by atoms with E-state index in [4.69, 9.17) is 16.6 Å². The third-order valence-electron chi connectivity index (χ3n) is 1.78. The number of halogens is 2. The normalized spacial score (nSPS) is 11.0. The van der Waals surface area contributed by atoms with E-state index < -0.39 is 0 Å². The average molecular weight is 239 g/mol. The number of hydrogen-bond donors (Lipinski definition) is 3. The molecule has 1 atom stereocenters. The number of nitrogen functional groups attached to an aromatic ring is 1. The second kappa shape index (κ2) is 7.88. The van der Waals surface area contributed by atoms with Gasteiger partial charge in [0, 0.05) is 18.3 Å².